The molecule has 0 aliphatic rings. The Morgan fingerprint density at radius 2 is 1.62 bits per heavy atom. The zero-order valence-corrected chi connectivity index (χ0v) is 9.55. The summed E-state index contributed by atoms with van der Waals surface area (Å²) in [6.07, 6.45) is 0.487. The van der Waals surface area contributed by atoms with Crippen LogP contribution in [0.15, 0.2) is 24.7 Å². The van der Waals surface area contributed by atoms with Crippen LogP contribution in [0.3, 0.4) is 0 Å². The minimum atomic E-state index is -1.43. The van der Waals surface area contributed by atoms with Crippen LogP contribution in [-0.4, -0.2) is 22.1 Å². The fraction of sp³-hybridized carbons (Fsp3) is 0.556. The summed E-state index contributed by atoms with van der Waals surface area (Å²) in [7, 11) is -1.43. The Balaban J connectivity index is 3.87. The van der Waals surface area contributed by atoms with Crippen molar-refractivity contribution in [2.24, 2.45) is 0 Å². The van der Waals surface area contributed by atoms with E-state index >= 15 is 0 Å². The average molecular weight is 201 g/mol. The van der Waals surface area contributed by atoms with E-state index in [1.807, 2.05) is 6.92 Å². The van der Waals surface area contributed by atoms with Crippen molar-refractivity contribution in [2.75, 3.05) is 12.8 Å². The quantitative estimate of drug-likeness (QED) is 0.466. The Morgan fingerprint density at radius 3 is 1.92 bits per heavy atom. The van der Waals surface area contributed by atoms with Crippen LogP contribution in [0.5, 0.6) is 0 Å². The molecule has 0 fully saturated rings. The summed E-state index contributed by atoms with van der Waals surface area (Å²) < 4.78 is 15.9. The Morgan fingerprint density at radius 1 is 1.15 bits per heavy atom. The summed E-state index contributed by atoms with van der Waals surface area (Å²) in [6.45, 7) is 13.5. The second-order valence-corrected chi connectivity index (χ2v) is 4.06. The maximum atomic E-state index is 5.36. The summed E-state index contributed by atoms with van der Waals surface area (Å²) in [5, 5.41) is 0. The highest BCUT2D eigenvalue weighted by Gasteiger charge is 2.20. The molecular weight excluding hydrogens is 184 g/mol. The molecule has 0 amide bonds. The van der Waals surface area contributed by atoms with E-state index in [-0.39, 0.29) is 0 Å². The summed E-state index contributed by atoms with van der Waals surface area (Å²) in [6, 6.07) is 0. The molecule has 0 saturated heterocycles. The average Bonchev–Trinajstić information content (AvgIpc) is 1.98. The maximum absolute atomic E-state index is 5.36. The molecule has 0 saturated carbocycles. The second-order valence-electron chi connectivity index (χ2n) is 2.62. The molecular formula is C9H17O3Si. The van der Waals surface area contributed by atoms with Gasteiger partial charge in [0, 0.05) is 6.61 Å². The Hall–Kier alpha value is -0.743. The number of allylic oxidation sites excluding steroid dienone is 2. The van der Waals surface area contributed by atoms with Crippen LogP contribution in [0.4, 0.5) is 0 Å². The first-order valence-electron chi connectivity index (χ1n) is 4.16. The maximum Gasteiger partial charge on any atom is 0.560 e. The normalized spacial score (nSPS) is 9.85. The SMILES string of the molecule is C=C(C)O[Si](COCC)OC(=C)C. The minimum absolute atomic E-state index is 0.487. The third-order valence-electron chi connectivity index (χ3n) is 1.00. The van der Waals surface area contributed by atoms with Crippen molar-refractivity contribution in [3.8, 4) is 0 Å². The molecule has 0 N–H and O–H groups in total. The molecule has 13 heavy (non-hydrogen) atoms. The van der Waals surface area contributed by atoms with Gasteiger partial charge in [0.15, 0.2) is 0 Å². The molecule has 4 heteroatoms. The lowest BCUT2D eigenvalue weighted by molar-refractivity contribution is 0.155. The highest BCUT2D eigenvalue weighted by molar-refractivity contribution is 6.44. The molecule has 0 aliphatic carbocycles. The van der Waals surface area contributed by atoms with E-state index in [2.05, 4.69) is 13.2 Å². The summed E-state index contributed by atoms with van der Waals surface area (Å²) in [4.78, 5) is 0. The fourth-order valence-corrected chi connectivity index (χ4v) is 1.96. The van der Waals surface area contributed by atoms with E-state index in [1.165, 1.54) is 0 Å². The number of rotatable bonds is 7. The van der Waals surface area contributed by atoms with Gasteiger partial charge in [-0.25, -0.2) is 0 Å². The Bertz CT molecular complexity index is 164. The molecule has 0 aliphatic heterocycles. The Labute approximate surface area is 81.8 Å². The van der Waals surface area contributed by atoms with Crippen LogP contribution >= 0.6 is 0 Å². The van der Waals surface area contributed by atoms with Crippen molar-refractivity contribution in [1.29, 1.82) is 0 Å². The number of hydrogen-bond donors (Lipinski definition) is 0. The van der Waals surface area contributed by atoms with E-state index in [1.54, 1.807) is 13.8 Å². The summed E-state index contributed by atoms with van der Waals surface area (Å²) in [5.41, 5.74) is 0. The van der Waals surface area contributed by atoms with Crippen molar-refractivity contribution >= 4 is 9.28 Å². The predicted octanol–water partition coefficient (Wildman–Crippen LogP) is 2.15. The van der Waals surface area contributed by atoms with Gasteiger partial charge in [-0.05, 0) is 20.8 Å². The van der Waals surface area contributed by atoms with Gasteiger partial charge in [-0.2, -0.15) is 0 Å². The third-order valence-corrected chi connectivity index (χ3v) is 2.59. The van der Waals surface area contributed by atoms with Crippen LogP contribution in [0.2, 0.25) is 0 Å². The molecule has 0 bridgehead atoms. The van der Waals surface area contributed by atoms with Gasteiger partial charge in [-0.3, -0.25) is 0 Å². The van der Waals surface area contributed by atoms with Crippen LogP contribution in [0.1, 0.15) is 20.8 Å². The minimum Gasteiger partial charge on any atom is -0.513 e. The van der Waals surface area contributed by atoms with Crippen molar-refractivity contribution in [2.45, 2.75) is 20.8 Å². The van der Waals surface area contributed by atoms with Gasteiger partial charge in [0.25, 0.3) is 0 Å². The van der Waals surface area contributed by atoms with Crippen molar-refractivity contribution < 1.29 is 13.6 Å². The smallest absolute Gasteiger partial charge is 0.513 e. The molecule has 0 heterocycles. The van der Waals surface area contributed by atoms with Crippen molar-refractivity contribution in [1.82, 2.24) is 0 Å². The molecule has 0 aromatic carbocycles. The largest absolute Gasteiger partial charge is 0.560 e. The highest BCUT2D eigenvalue weighted by atomic mass is 28.3. The lowest BCUT2D eigenvalue weighted by Gasteiger charge is -2.16. The van der Waals surface area contributed by atoms with E-state index in [0.29, 0.717) is 24.4 Å². The van der Waals surface area contributed by atoms with Gasteiger partial charge < -0.3 is 13.6 Å². The van der Waals surface area contributed by atoms with E-state index in [9.17, 15) is 0 Å². The van der Waals surface area contributed by atoms with E-state index in [4.69, 9.17) is 13.6 Å². The van der Waals surface area contributed by atoms with Gasteiger partial charge in [-0.1, -0.05) is 13.2 Å². The first-order chi connectivity index (χ1) is 6.06. The van der Waals surface area contributed by atoms with E-state index < -0.39 is 9.28 Å². The zero-order valence-electron chi connectivity index (χ0n) is 8.55. The van der Waals surface area contributed by atoms with Gasteiger partial charge in [0.05, 0.1) is 11.5 Å². The van der Waals surface area contributed by atoms with Crippen LogP contribution in [-0.2, 0) is 13.6 Å². The summed E-state index contributed by atoms with van der Waals surface area (Å²) in [5.74, 6) is 1.30. The molecule has 0 unspecified atom stereocenters. The van der Waals surface area contributed by atoms with Crippen LogP contribution in [0.25, 0.3) is 0 Å². The fourth-order valence-electron chi connectivity index (χ4n) is 0.654. The monoisotopic (exact) mass is 201 g/mol. The lowest BCUT2D eigenvalue weighted by Crippen LogP contribution is -2.28. The molecule has 3 nitrogen and oxygen atoms in total. The van der Waals surface area contributed by atoms with Crippen molar-refractivity contribution in [3.05, 3.63) is 24.7 Å². The highest BCUT2D eigenvalue weighted by Crippen LogP contribution is 2.02. The van der Waals surface area contributed by atoms with Crippen LogP contribution < -0.4 is 0 Å². The standard InChI is InChI=1S/C9H17O3Si/c1-6-10-7-13(11-8(2)3)12-9(4)5/h2,4,6-7H2,1,3,5H3. The van der Waals surface area contributed by atoms with Crippen molar-refractivity contribution in [3.63, 3.8) is 0 Å². The van der Waals surface area contributed by atoms with Gasteiger partial charge in [-0.15, -0.1) is 0 Å². The summed E-state index contributed by atoms with van der Waals surface area (Å²) >= 11 is 0. The molecule has 0 spiro atoms. The molecule has 0 rings (SSSR count). The number of ether oxygens (including phenoxy) is 1. The number of hydrogen-bond acceptors (Lipinski definition) is 3. The lowest BCUT2D eigenvalue weighted by atomic mass is 10.7. The molecule has 1 radical (unpaired) electrons. The van der Waals surface area contributed by atoms with Gasteiger partial charge >= 0.3 is 9.28 Å². The predicted molar refractivity (Wildman–Crippen MR) is 54.0 cm³/mol. The zero-order chi connectivity index (χ0) is 10.3. The first kappa shape index (κ1) is 12.3. The Kier molecular flexibility index (Phi) is 6.35. The van der Waals surface area contributed by atoms with Gasteiger partial charge in [0.1, 0.15) is 6.23 Å². The molecule has 0 aromatic rings. The molecule has 0 aromatic heterocycles. The second kappa shape index (κ2) is 6.74. The third kappa shape index (κ3) is 7.61. The molecule has 75 valence electrons. The topological polar surface area (TPSA) is 27.7 Å². The van der Waals surface area contributed by atoms with E-state index in [0.717, 1.165) is 0 Å². The van der Waals surface area contributed by atoms with Crippen LogP contribution in [0, 0.1) is 0 Å². The van der Waals surface area contributed by atoms with Gasteiger partial charge in [0.2, 0.25) is 0 Å². The molecule has 0 atom stereocenters. The first-order valence-corrected chi connectivity index (χ1v) is 5.69.